The third kappa shape index (κ3) is 4.11. The van der Waals surface area contributed by atoms with Crippen LogP contribution in [0.2, 0.25) is 0 Å². The molecular weight excluding hydrogens is 281 g/mol. The van der Waals surface area contributed by atoms with Gasteiger partial charge in [-0.15, -0.1) is 0 Å². The number of nitrogens with zero attached hydrogens (tertiary/aromatic N) is 1. The Bertz CT molecular complexity index is 357. The second-order valence-electron chi connectivity index (χ2n) is 6.39. The summed E-state index contributed by atoms with van der Waals surface area (Å²) < 4.78 is 39.4. The number of carbonyl (C=O) groups excluding carboxylic acids is 1. The number of halogens is 3. The van der Waals surface area contributed by atoms with Gasteiger partial charge in [-0.25, -0.2) is 0 Å². The minimum Gasteiger partial charge on any atom is -0.342 e. The molecule has 2 rings (SSSR count). The van der Waals surface area contributed by atoms with Gasteiger partial charge < -0.3 is 10.2 Å². The molecular formula is C15H25F3N2O. The van der Waals surface area contributed by atoms with Gasteiger partial charge in [-0.1, -0.05) is 12.8 Å². The van der Waals surface area contributed by atoms with Crippen LogP contribution in [0.5, 0.6) is 0 Å². The van der Waals surface area contributed by atoms with Gasteiger partial charge >= 0.3 is 6.18 Å². The molecule has 2 aliphatic rings. The Hall–Kier alpha value is -0.780. The summed E-state index contributed by atoms with van der Waals surface area (Å²) in [5.74, 6) is -2.20. The average molecular weight is 306 g/mol. The highest BCUT2D eigenvalue weighted by molar-refractivity contribution is 5.79. The van der Waals surface area contributed by atoms with E-state index in [0.717, 1.165) is 25.8 Å². The fourth-order valence-corrected chi connectivity index (χ4v) is 3.77. The van der Waals surface area contributed by atoms with Gasteiger partial charge in [0.1, 0.15) is 0 Å². The lowest BCUT2D eigenvalue weighted by atomic mass is 9.77. The standard InChI is InChI=1S/C15H25F3N2O/c1-19-9-11-5-4-8-20(10-11)14(21)12-6-2-3-7-13(12)15(16,17)18/h11-13,19H,2-10H2,1H3. The van der Waals surface area contributed by atoms with Crippen molar-refractivity contribution in [3.63, 3.8) is 0 Å². The molecule has 3 unspecified atom stereocenters. The van der Waals surface area contributed by atoms with Crippen molar-refractivity contribution in [3.8, 4) is 0 Å². The van der Waals surface area contributed by atoms with Gasteiger partial charge in [-0.05, 0) is 45.2 Å². The van der Waals surface area contributed by atoms with Crippen LogP contribution < -0.4 is 5.32 Å². The van der Waals surface area contributed by atoms with E-state index in [-0.39, 0.29) is 12.3 Å². The molecule has 1 aliphatic heterocycles. The lowest BCUT2D eigenvalue weighted by Crippen LogP contribution is -2.49. The van der Waals surface area contributed by atoms with Crippen LogP contribution in [0.15, 0.2) is 0 Å². The van der Waals surface area contributed by atoms with E-state index in [1.807, 2.05) is 7.05 Å². The zero-order valence-corrected chi connectivity index (χ0v) is 12.6. The Kier molecular flexibility index (Phi) is 5.52. The van der Waals surface area contributed by atoms with Gasteiger partial charge in [-0.3, -0.25) is 4.79 Å². The topological polar surface area (TPSA) is 32.3 Å². The third-order valence-corrected chi connectivity index (χ3v) is 4.83. The predicted molar refractivity (Wildman–Crippen MR) is 74.7 cm³/mol. The van der Waals surface area contributed by atoms with Crippen molar-refractivity contribution in [2.24, 2.45) is 17.8 Å². The lowest BCUT2D eigenvalue weighted by molar-refractivity contribution is -0.201. The number of rotatable bonds is 3. The number of piperidine rings is 1. The largest absolute Gasteiger partial charge is 0.392 e. The van der Waals surface area contributed by atoms with E-state index in [1.165, 1.54) is 0 Å². The summed E-state index contributed by atoms with van der Waals surface area (Å²) in [6, 6.07) is 0. The van der Waals surface area contributed by atoms with Crippen molar-refractivity contribution in [2.75, 3.05) is 26.7 Å². The minimum absolute atomic E-state index is 0.105. The van der Waals surface area contributed by atoms with Gasteiger partial charge in [-0.2, -0.15) is 13.2 Å². The number of hydrogen-bond donors (Lipinski definition) is 1. The number of likely N-dealkylation sites (tertiary alicyclic amines) is 1. The monoisotopic (exact) mass is 306 g/mol. The van der Waals surface area contributed by atoms with Crippen molar-refractivity contribution >= 4 is 5.91 Å². The van der Waals surface area contributed by atoms with Crippen molar-refractivity contribution in [3.05, 3.63) is 0 Å². The highest BCUT2D eigenvalue weighted by Gasteiger charge is 2.49. The first kappa shape index (κ1) is 16.6. The van der Waals surface area contributed by atoms with Crippen LogP contribution in [0.25, 0.3) is 0 Å². The lowest BCUT2D eigenvalue weighted by Gasteiger charge is -2.39. The molecule has 0 radical (unpaired) electrons. The number of nitrogens with one attached hydrogen (secondary N) is 1. The Morgan fingerprint density at radius 1 is 1.19 bits per heavy atom. The van der Waals surface area contributed by atoms with Gasteiger partial charge in [0, 0.05) is 19.0 Å². The highest BCUT2D eigenvalue weighted by atomic mass is 19.4. The molecule has 6 heteroatoms. The maximum atomic E-state index is 13.1. The van der Waals surface area contributed by atoms with Crippen LogP contribution >= 0.6 is 0 Å². The van der Waals surface area contributed by atoms with E-state index in [1.54, 1.807) is 4.90 Å². The van der Waals surface area contributed by atoms with Crippen molar-refractivity contribution < 1.29 is 18.0 Å². The highest BCUT2D eigenvalue weighted by Crippen LogP contribution is 2.42. The summed E-state index contributed by atoms with van der Waals surface area (Å²) in [6.45, 7) is 2.03. The molecule has 3 atom stereocenters. The van der Waals surface area contributed by atoms with E-state index in [4.69, 9.17) is 0 Å². The van der Waals surface area contributed by atoms with Crippen molar-refractivity contribution in [1.29, 1.82) is 0 Å². The van der Waals surface area contributed by atoms with E-state index in [2.05, 4.69) is 5.32 Å². The summed E-state index contributed by atoms with van der Waals surface area (Å²) >= 11 is 0. The summed E-state index contributed by atoms with van der Waals surface area (Å²) in [5, 5.41) is 3.09. The first-order valence-corrected chi connectivity index (χ1v) is 7.93. The van der Waals surface area contributed by atoms with Gasteiger partial charge in [0.2, 0.25) is 5.91 Å². The molecule has 1 saturated carbocycles. The zero-order valence-electron chi connectivity index (χ0n) is 12.6. The van der Waals surface area contributed by atoms with Crippen LogP contribution in [-0.4, -0.2) is 43.7 Å². The molecule has 0 spiro atoms. The smallest absolute Gasteiger partial charge is 0.342 e. The summed E-state index contributed by atoms with van der Waals surface area (Å²) in [4.78, 5) is 14.2. The SMILES string of the molecule is CNCC1CCCN(C(=O)C2CCCCC2C(F)(F)F)C1. The molecule has 1 aliphatic carbocycles. The van der Waals surface area contributed by atoms with Gasteiger partial charge in [0.15, 0.2) is 0 Å². The van der Waals surface area contributed by atoms with E-state index < -0.39 is 18.0 Å². The average Bonchev–Trinajstić information content (AvgIpc) is 2.46. The molecule has 2 fully saturated rings. The van der Waals surface area contributed by atoms with Crippen LogP contribution in [-0.2, 0) is 4.79 Å². The predicted octanol–water partition coefficient (Wildman–Crippen LogP) is 2.81. The molecule has 0 aromatic rings. The van der Waals surface area contributed by atoms with Crippen LogP contribution in [0.4, 0.5) is 13.2 Å². The molecule has 1 amide bonds. The second-order valence-corrected chi connectivity index (χ2v) is 6.39. The minimum atomic E-state index is -4.25. The molecule has 3 nitrogen and oxygen atoms in total. The Morgan fingerprint density at radius 2 is 1.90 bits per heavy atom. The number of hydrogen-bond acceptors (Lipinski definition) is 2. The number of carbonyl (C=O) groups is 1. The van der Waals surface area contributed by atoms with Crippen molar-refractivity contribution in [1.82, 2.24) is 10.2 Å². The Labute approximate surface area is 124 Å². The molecule has 0 aromatic carbocycles. The van der Waals surface area contributed by atoms with E-state index in [9.17, 15) is 18.0 Å². The summed E-state index contributed by atoms with van der Waals surface area (Å²) in [7, 11) is 1.86. The molecule has 21 heavy (non-hydrogen) atoms. The first-order chi connectivity index (χ1) is 9.93. The Morgan fingerprint density at radius 3 is 2.57 bits per heavy atom. The van der Waals surface area contributed by atoms with Gasteiger partial charge in [0.05, 0.1) is 5.92 Å². The molecule has 1 N–H and O–H groups in total. The van der Waals surface area contributed by atoms with E-state index in [0.29, 0.717) is 31.8 Å². The number of alkyl halides is 3. The van der Waals surface area contributed by atoms with Crippen LogP contribution in [0.1, 0.15) is 38.5 Å². The first-order valence-electron chi connectivity index (χ1n) is 7.93. The third-order valence-electron chi connectivity index (χ3n) is 4.83. The molecule has 0 bridgehead atoms. The quantitative estimate of drug-likeness (QED) is 0.869. The van der Waals surface area contributed by atoms with Crippen molar-refractivity contribution in [2.45, 2.75) is 44.7 Å². The zero-order chi connectivity index (χ0) is 15.5. The summed E-state index contributed by atoms with van der Waals surface area (Å²) in [5.41, 5.74) is 0. The van der Waals surface area contributed by atoms with Crippen LogP contribution in [0.3, 0.4) is 0 Å². The molecule has 0 aromatic heterocycles. The summed E-state index contributed by atoms with van der Waals surface area (Å²) in [6.07, 6.45) is -0.516. The molecule has 1 heterocycles. The fourth-order valence-electron chi connectivity index (χ4n) is 3.77. The normalized spacial score (nSPS) is 31.2. The van der Waals surface area contributed by atoms with Gasteiger partial charge in [0.25, 0.3) is 0 Å². The number of amides is 1. The molecule has 1 saturated heterocycles. The van der Waals surface area contributed by atoms with E-state index >= 15 is 0 Å². The maximum absolute atomic E-state index is 13.1. The second kappa shape index (κ2) is 6.99. The molecule has 122 valence electrons. The Balaban J connectivity index is 2.03. The maximum Gasteiger partial charge on any atom is 0.392 e. The fraction of sp³-hybridized carbons (Fsp3) is 0.933. The van der Waals surface area contributed by atoms with Crippen LogP contribution in [0, 0.1) is 17.8 Å².